The Morgan fingerprint density at radius 1 is 0.929 bits per heavy atom. The van der Waals surface area contributed by atoms with Crippen LogP contribution < -0.4 is 0 Å². The molecule has 0 amide bonds. The molecule has 0 aliphatic carbocycles. The van der Waals surface area contributed by atoms with Crippen molar-refractivity contribution in [1.82, 2.24) is 0 Å². The van der Waals surface area contributed by atoms with Crippen molar-refractivity contribution < 1.29 is 0 Å². The summed E-state index contributed by atoms with van der Waals surface area (Å²) in [4.78, 5) is 1.64. The first-order valence-electron chi connectivity index (χ1n) is 5.29. The molecule has 0 aliphatic rings. The largest absolute Gasteiger partial charge is 0.223 e. The fourth-order valence-electron chi connectivity index (χ4n) is 1.98. The maximum Gasteiger partial charge on any atom is -0.00421 e. The zero-order chi connectivity index (χ0) is 10.8. The molecule has 0 unspecified atom stereocenters. The first kappa shape index (κ1) is 11.6. The third-order valence-electron chi connectivity index (χ3n) is 2.55. The fraction of sp³-hybridized carbons (Fsp3) is 0.538. The molecule has 0 atom stereocenters. The predicted molar refractivity (Wildman–Crippen MR) is 68.8 cm³/mol. The Balaban J connectivity index is 3.34. The second kappa shape index (κ2) is 4.39. The van der Waals surface area contributed by atoms with Crippen molar-refractivity contribution in [3.8, 4) is 0 Å². The van der Waals surface area contributed by atoms with Crippen LogP contribution in [-0.4, -0.2) is 18.8 Å². The molecule has 1 heteroatoms. The number of rotatable bonds is 3. The van der Waals surface area contributed by atoms with Gasteiger partial charge >= 0.3 is 0 Å². The van der Waals surface area contributed by atoms with Gasteiger partial charge in [0.05, 0.1) is 0 Å². The maximum atomic E-state index is 2.39. The van der Waals surface area contributed by atoms with E-state index in [9.17, 15) is 0 Å². The highest BCUT2D eigenvalue weighted by Crippen LogP contribution is 2.49. The molecule has 1 rings (SSSR count). The van der Waals surface area contributed by atoms with Crippen molar-refractivity contribution >= 4 is 10.0 Å². The molecule has 0 nitrogen and oxygen atoms in total. The highest BCUT2D eigenvalue weighted by atomic mass is 32.3. The van der Waals surface area contributed by atoms with Crippen LogP contribution >= 0.6 is 10.0 Å². The topological polar surface area (TPSA) is 0 Å². The SMILES string of the molecule is CCc1cccc(CC)c1S(C)(C)C. The third kappa shape index (κ3) is 2.33. The number of hydrogen-bond donors (Lipinski definition) is 0. The van der Waals surface area contributed by atoms with Gasteiger partial charge in [-0.1, -0.05) is 32.0 Å². The van der Waals surface area contributed by atoms with Crippen LogP contribution in [-0.2, 0) is 12.8 Å². The molecule has 0 aromatic heterocycles. The lowest BCUT2D eigenvalue weighted by molar-refractivity contribution is 1.00. The monoisotopic (exact) mass is 210 g/mol. The zero-order valence-corrected chi connectivity index (χ0v) is 10.9. The van der Waals surface area contributed by atoms with Crippen LogP contribution in [0.4, 0.5) is 0 Å². The predicted octanol–water partition coefficient (Wildman–Crippen LogP) is 3.86. The second-order valence-electron chi connectivity index (χ2n) is 4.45. The van der Waals surface area contributed by atoms with E-state index in [1.54, 1.807) is 16.0 Å². The van der Waals surface area contributed by atoms with Crippen molar-refractivity contribution in [2.24, 2.45) is 0 Å². The van der Waals surface area contributed by atoms with E-state index in [2.05, 4.69) is 50.8 Å². The van der Waals surface area contributed by atoms with Crippen molar-refractivity contribution in [2.75, 3.05) is 18.8 Å². The Morgan fingerprint density at radius 3 is 1.64 bits per heavy atom. The number of benzene rings is 1. The standard InChI is InChI=1S/C13H22S/c1-6-11-9-8-10-12(7-2)13(11)14(3,4)5/h8-10H,6-7H2,1-5H3. The van der Waals surface area contributed by atoms with Crippen molar-refractivity contribution in [2.45, 2.75) is 31.6 Å². The molecule has 1 aromatic rings. The van der Waals surface area contributed by atoms with E-state index in [-0.39, 0.29) is 0 Å². The van der Waals surface area contributed by atoms with Crippen molar-refractivity contribution in [1.29, 1.82) is 0 Å². The lowest BCUT2D eigenvalue weighted by Gasteiger charge is -2.31. The minimum absolute atomic E-state index is 0.588. The van der Waals surface area contributed by atoms with Crippen LogP contribution in [0.15, 0.2) is 23.1 Å². The molecular formula is C13H22S. The Hall–Kier alpha value is -0.430. The summed E-state index contributed by atoms with van der Waals surface area (Å²) in [5, 5.41) is 0. The first-order valence-corrected chi connectivity index (χ1v) is 8.15. The van der Waals surface area contributed by atoms with Crippen LogP contribution in [0.3, 0.4) is 0 Å². The minimum Gasteiger partial charge on any atom is -0.223 e. The zero-order valence-electron chi connectivity index (χ0n) is 10.1. The Kier molecular flexibility index (Phi) is 3.65. The van der Waals surface area contributed by atoms with E-state index in [0.29, 0.717) is 0 Å². The van der Waals surface area contributed by atoms with E-state index < -0.39 is 10.0 Å². The summed E-state index contributed by atoms with van der Waals surface area (Å²) < 4.78 is 0. The Morgan fingerprint density at radius 2 is 1.36 bits per heavy atom. The van der Waals surface area contributed by atoms with Crippen LogP contribution in [0.1, 0.15) is 25.0 Å². The van der Waals surface area contributed by atoms with E-state index in [0.717, 1.165) is 12.8 Å². The molecule has 0 bridgehead atoms. The van der Waals surface area contributed by atoms with Gasteiger partial charge in [0.25, 0.3) is 0 Å². The van der Waals surface area contributed by atoms with Gasteiger partial charge in [0.15, 0.2) is 0 Å². The highest BCUT2D eigenvalue weighted by molar-refractivity contribution is 8.32. The minimum atomic E-state index is -0.588. The molecule has 0 saturated heterocycles. The smallest absolute Gasteiger partial charge is 0.00421 e. The van der Waals surface area contributed by atoms with Crippen LogP contribution in [0, 0.1) is 0 Å². The van der Waals surface area contributed by atoms with E-state index in [1.807, 2.05) is 0 Å². The van der Waals surface area contributed by atoms with Gasteiger partial charge in [-0.05, 0) is 47.6 Å². The maximum absolute atomic E-state index is 2.39. The summed E-state index contributed by atoms with van der Waals surface area (Å²) in [7, 11) is -0.588. The van der Waals surface area contributed by atoms with Gasteiger partial charge in [0, 0.05) is 0 Å². The fourth-order valence-corrected chi connectivity index (χ4v) is 3.98. The van der Waals surface area contributed by atoms with Gasteiger partial charge in [0.1, 0.15) is 0 Å². The van der Waals surface area contributed by atoms with Gasteiger partial charge in [-0.3, -0.25) is 0 Å². The summed E-state index contributed by atoms with van der Waals surface area (Å²) in [5.41, 5.74) is 3.10. The van der Waals surface area contributed by atoms with E-state index >= 15 is 0 Å². The summed E-state index contributed by atoms with van der Waals surface area (Å²) in [6.45, 7) is 4.51. The summed E-state index contributed by atoms with van der Waals surface area (Å²) in [6.07, 6.45) is 9.49. The van der Waals surface area contributed by atoms with Gasteiger partial charge in [0.2, 0.25) is 0 Å². The summed E-state index contributed by atoms with van der Waals surface area (Å²) in [5.74, 6) is 0. The molecule has 0 heterocycles. The van der Waals surface area contributed by atoms with Gasteiger partial charge in [-0.25, -0.2) is 10.0 Å². The van der Waals surface area contributed by atoms with Crippen LogP contribution in [0.25, 0.3) is 0 Å². The molecule has 14 heavy (non-hydrogen) atoms. The lowest BCUT2D eigenvalue weighted by atomic mass is 10.1. The molecule has 0 aliphatic heterocycles. The Labute approximate surface area is 90.0 Å². The van der Waals surface area contributed by atoms with Crippen molar-refractivity contribution in [3.63, 3.8) is 0 Å². The van der Waals surface area contributed by atoms with Gasteiger partial charge in [-0.2, -0.15) is 0 Å². The van der Waals surface area contributed by atoms with E-state index in [1.165, 1.54) is 0 Å². The molecule has 0 radical (unpaired) electrons. The third-order valence-corrected chi connectivity index (χ3v) is 4.30. The average molecular weight is 210 g/mol. The van der Waals surface area contributed by atoms with E-state index in [4.69, 9.17) is 0 Å². The molecule has 0 N–H and O–H groups in total. The number of aryl methyl sites for hydroxylation is 2. The molecule has 1 aromatic carbocycles. The number of hydrogen-bond acceptors (Lipinski definition) is 0. The van der Waals surface area contributed by atoms with Crippen LogP contribution in [0.5, 0.6) is 0 Å². The molecule has 0 fully saturated rings. The highest BCUT2D eigenvalue weighted by Gasteiger charge is 2.15. The molecule has 0 spiro atoms. The molecule has 0 saturated carbocycles. The van der Waals surface area contributed by atoms with Gasteiger partial charge in [-0.15, -0.1) is 0 Å². The quantitative estimate of drug-likeness (QED) is 0.710. The molecule has 80 valence electrons. The summed E-state index contributed by atoms with van der Waals surface area (Å²) >= 11 is 0. The molecular weight excluding hydrogens is 188 g/mol. The Bertz CT molecular complexity index is 285. The lowest BCUT2D eigenvalue weighted by Crippen LogP contribution is -2.02. The van der Waals surface area contributed by atoms with Crippen LogP contribution in [0.2, 0.25) is 0 Å². The summed E-state index contributed by atoms with van der Waals surface area (Å²) in [6, 6.07) is 6.77. The normalized spacial score (nSPS) is 12.9. The average Bonchev–Trinajstić information content (AvgIpc) is 2.15. The second-order valence-corrected chi connectivity index (χ2v) is 8.53. The van der Waals surface area contributed by atoms with Crippen molar-refractivity contribution in [3.05, 3.63) is 29.3 Å². The first-order chi connectivity index (χ1) is 6.50. The van der Waals surface area contributed by atoms with Gasteiger partial charge < -0.3 is 0 Å².